The first-order valence-electron chi connectivity index (χ1n) is 6.58. The van der Waals surface area contributed by atoms with E-state index in [2.05, 4.69) is 12.2 Å². The molecule has 2 aliphatic rings. The number of hydrogen-bond acceptors (Lipinski definition) is 1. The average molecular weight is 195 g/mol. The summed E-state index contributed by atoms with van der Waals surface area (Å²) in [5.74, 6) is 2.00. The molecule has 0 spiro atoms. The van der Waals surface area contributed by atoms with Gasteiger partial charge in [-0.05, 0) is 50.5 Å². The molecule has 2 atom stereocenters. The lowest BCUT2D eigenvalue weighted by atomic mass is 9.85. The molecule has 0 radical (unpaired) electrons. The van der Waals surface area contributed by atoms with Gasteiger partial charge in [0.25, 0.3) is 0 Å². The van der Waals surface area contributed by atoms with E-state index in [9.17, 15) is 0 Å². The van der Waals surface area contributed by atoms with Crippen LogP contribution in [0.1, 0.15) is 58.3 Å². The van der Waals surface area contributed by atoms with Crippen LogP contribution in [0.2, 0.25) is 0 Å². The van der Waals surface area contributed by atoms with Gasteiger partial charge >= 0.3 is 0 Å². The Morgan fingerprint density at radius 1 is 0.929 bits per heavy atom. The van der Waals surface area contributed by atoms with Crippen LogP contribution in [0.4, 0.5) is 0 Å². The first-order chi connectivity index (χ1) is 6.84. The Morgan fingerprint density at radius 3 is 2.43 bits per heavy atom. The average Bonchev–Trinajstić information content (AvgIpc) is 2.28. The van der Waals surface area contributed by atoms with Crippen molar-refractivity contribution in [3.05, 3.63) is 0 Å². The van der Waals surface area contributed by atoms with Crippen LogP contribution in [-0.4, -0.2) is 12.6 Å². The van der Waals surface area contributed by atoms with Gasteiger partial charge < -0.3 is 5.32 Å². The summed E-state index contributed by atoms with van der Waals surface area (Å²) in [4.78, 5) is 0. The molecule has 1 heteroatoms. The molecule has 82 valence electrons. The molecule has 0 amide bonds. The van der Waals surface area contributed by atoms with E-state index in [0.29, 0.717) is 0 Å². The zero-order chi connectivity index (χ0) is 9.80. The van der Waals surface area contributed by atoms with Gasteiger partial charge in [0.1, 0.15) is 0 Å². The molecule has 14 heavy (non-hydrogen) atoms. The second-order valence-electron chi connectivity index (χ2n) is 5.52. The van der Waals surface area contributed by atoms with Crippen molar-refractivity contribution >= 4 is 0 Å². The molecule has 2 fully saturated rings. The predicted octanol–water partition coefficient (Wildman–Crippen LogP) is 3.34. The fourth-order valence-electron chi connectivity index (χ4n) is 2.72. The van der Waals surface area contributed by atoms with E-state index in [-0.39, 0.29) is 0 Å². The monoisotopic (exact) mass is 195 g/mol. The molecular weight excluding hydrogens is 170 g/mol. The Morgan fingerprint density at radius 2 is 1.71 bits per heavy atom. The molecule has 0 saturated heterocycles. The van der Waals surface area contributed by atoms with Crippen LogP contribution in [0, 0.1) is 11.8 Å². The van der Waals surface area contributed by atoms with Gasteiger partial charge in [-0.3, -0.25) is 0 Å². The molecule has 0 heterocycles. The molecule has 2 rings (SSSR count). The van der Waals surface area contributed by atoms with Crippen LogP contribution in [0.3, 0.4) is 0 Å². The standard InChI is InChI=1S/C13H25N/c1-11-4-2-7-13(9-8-11)14-10-12-5-3-6-12/h11-14H,2-10H2,1H3. The molecule has 1 N–H and O–H groups in total. The smallest absolute Gasteiger partial charge is 0.00672 e. The van der Waals surface area contributed by atoms with Crippen molar-refractivity contribution in [2.24, 2.45) is 11.8 Å². The SMILES string of the molecule is CC1CCCC(NCC2CCC2)CC1. The third-order valence-corrected chi connectivity index (χ3v) is 4.18. The van der Waals surface area contributed by atoms with Crippen LogP contribution in [0.5, 0.6) is 0 Å². The molecule has 0 bridgehead atoms. The Kier molecular flexibility index (Phi) is 3.86. The Balaban J connectivity index is 1.63. The Bertz CT molecular complexity index is 163. The summed E-state index contributed by atoms with van der Waals surface area (Å²) >= 11 is 0. The maximum absolute atomic E-state index is 3.78. The first kappa shape index (κ1) is 10.5. The molecule has 2 saturated carbocycles. The summed E-state index contributed by atoms with van der Waals surface area (Å²) in [6.45, 7) is 3.72. The third kappa shape index (κ3) is 2.98. The second kappa shape index (κ2) is 5.16. The van der Waals surface area contributed by atoms with E-state index in [1.165, 1.54) is 57.9 Å². The van der Waals surface area contributed by atoms with Gasteiger partial charge in [-0.2, -0.15) is 0 Å². The number of hydrogen-bond donors (Lipinski definition) is 1. The highest BCUT2D eigenvalue weighted by Crippen LogP contribution is 2.27. The predicted molar refractivity (Wildman–Crippen MR) is 61.4 cm³/mol. The van der Waals surface area contributed by atoms with Crippen LogP contribution in [0.25, 0.3) is 0 Å². The van der Waals surface area contributed by atoms with Gasteiger partial charge in [-0.1, -0.05) is 26.2 Å². The Hall–Kier alpha value is -0.0400. The summed E-state index contributed by atoms with van der Waals surface area (Å²) in [6.07, 6.45) is 11.7. The minimum atomic E-state index is 0.848. The molecular formula is C13H25N. The highest BCUT2D eigenvalue weighted by molar-refractivity contribution is 4.77. The topological polar surface area (TPSA) is 12.0 Å². The number of nitrogens with one attached hydrogen (secondary N) is 1. The van der Waals surface area contributed by atoms with Gasteiger partial charge in [0.05, 0.1) is 0 Å². The molecule has 0 aromatic rings. The Labute approximate surface area is 88.7 Å². The van der Waals surface area contributed by atoms with E-state index < -0.39 is 0 Å². The van der Waals surface area contributed by atoms with Crippen molar-refractivity contribution in [1.29, 1.82) is 0 Å². The molecule has 0 aromatic carbocycles. The van der Waals surface area contributed by atoms with Crippen LogP contribution >= 0.6 is 0 Å². The van der Waals surface area contributed by atoms with E-state index in [1.807, 2.05) is 0 Å². The van der Waals surface area contributed by atoms with Gasteiger partial charge in [0, 0.05) is 6.04 Å². The van der Waals surface area contributed by atoms with Crippen molar-refractivity contribution < 1.29 is 0 Å². The van der Waals surface area contributed by atoms with Gasteiger partial charge in [-0.25, -0.2) is 0 Å². The van der Waals surface area contributed by atoms with Gasteiger partial charge in [-0.15, -0.1) is 0 Å². The zero-order valence-electron chi connectivity index (χ0n) is 9.60. The summed E-state index contributed by atoms with van der Waals surface area (Å²) < 4.78 is 0. The van der Waals surface area contributed by atoms with Crippen LogP contribution in [-0.2, 0) is 0 Å². The minimum absolute atomic E-state index is 0.848. The normalized spacial score (nSPS) is 34.9. The molecule has 2 aliphatic carbocycles. The minimum Gasteiger partial charge on any atom is -0.314 e. The quantitative estimate of drug-likeness (QED) is 0.681. The van der Waals surface area contributed by atoms with E-state index in [0.717, 1.165) is 17.9 Å². The maximum Gasteiger partial charge on any atom is 0.00672 e. The molecule has 0 aliphatic heterocycles. The van der Waals surface area contributed by atoms with Gasteiger partial charge in [0.15, 0.2) is 0 Å². The lowest BCUT2D eigenvalue weighted by Crippen LogP contribution is -2.35. The van der Waals surface area contributed by atoms with Crippen molar-refractivity contribution in [2.45, 2.75) is 64.3 Å². The summed E-state index contributed by atoms with van der Waals surface area (Å²) in [6, 6.07) is 0.848. The number of rotatable bonds is 3. The van der Waals surface area contributed by atoms with Gasteiger partial charge in [0.2, 0.25) is 0 Å². The molecule has 2 unspecified atom stereocenters. The fourth-order valence-corrected chi connectivity index (χ4v) is 2.72. The molecule has 1 nitrogen and oxygen atoms in total. The summed E-state index contributed by atoms with van der Waals surface area (Å²) in [7, 11) is 0. The van der Waals surface area contributed by atoms with Crippen LogP contribution < -0.4 is 5.32 Å². The highest BCUT2D eigenvalue weighted by Gasteiger charge is 2.20. The second-order valence-corrected chi connectivity index (χ2v) is 5.52. The van der Waals surface area contributed by atoms with Crippen molar-refractivity contribution in [2.75, 3.05) is 6.54 Å². The van der Waals surface area contributed by atoms with Crippen molar-refractivity contribution in [3.63, 3.8) is 0 Å². The fraction of sp³-hybridized carbons (Fsp3) is 1.00. The zero-order valence-corrected chi connectivity index (χ0v) is 9.60. The summed E-state index contributed by atoms with van der Waals surface area (Å²) in [5.41, 5.74) is 0. The summed E-state index contributed by atoms with van der Waals surface area (Å²) in [5, 5.41) is 3.78. The first-order valence-corrected chi connectivity index (χ1v) is 6.58. The third-order valence-electron chi connectivity index (χ3n) is 4.18. The van der Waals surface area contributed by atoms with Crippen molar-refractivity contribution in [3.8, 4) is 0 Å². The van der Waals surface area contributed by atoms with Crippen LogP contribution in [0.15, 0.2) is 0 Å². The largest absolute Gasteiger partial charge is 0.314 e. The van der Waals surface area contributed by atoms with E-state index in [1.54, 1.807) is 0 Å². The van der Waals surface area contributed by atoms with E-state index >= 15 is 0 Å². The lowest BCUT2D eigenvalue weighted by Gasteiger charge is -2.28. The van der Waals surface area contributed by atoms with E-state index in [4.69, 9.17) is 0 Å². The highest BCUT2D eigenvalue weighted by atomic mass is 14.9. The van der Waals surface area contributed by atoms with Crippen molar-refractivity contribution in [1.82, 2.24) is 5.32 Å². The lowest BCUT2D eigenvalue weighted by molar-refractivity contribution is 0.282. The maximum atomic E-state index is 3.78. The molecule has 0 aromatic heterocycles.